The van der Waals surface area contributed by atoms with E-state index in [1.807, 2.05) is 19.1 Å². The zero-order valence-electron chi connectivity index (χ0n) is 13.3. The maximum atomic E-state index is 11.6. The van der Waals surface area contributed by atoms with Gasteiger partial charge in [0.25, 0.3) is 0 Å². The van der Waals surface area contributed by atoms with Crippen molar-refractivity contribution >= 4 is 17.3 Å². The van der Waals surface area contributed by atoms with E-state index in [-0.39, 0.29) is 5.97 Å². The van der Waals surface area contributed by atoms with Crippen LogP contribution in [0.25, 0.3) is 0 Å². The fourth-order valence-corrected chi connectivity index (χ4v) is 2.83. The monoisotopic (exact) mass is 310 g/mol. The topological polar surface area (TPSA) is 50.4 Å². The summed E-state index contributed by atoms with van der Waals surface area (Å²) in [5.41, 5.74) is 4.23. The summed E-state index contributed by atoms with van der Waals surface area (Å²) < 4.78 is 4.99. The third kappa shape index (κ3) is 3.83. The second kappa shape index (κ2) is 7.18. The second-order valence-electron chi connectivity index (χ2n) is 5.72. The summed E-state index contributed by atoms with van der Waals surface area (Å²) in [4.78, 5) is 11.6. The molecule has 1 aliphatic rings. The van der Waals surface area contributed by atoms with E-state index in [1.165, 1.54) is 11.3 Å². The Labute approximate surface area is 136 Å². The number of ether oxygens (including phenoxy) is 1. The normalized spacial score (nSPS) is 16.1. The molecule has 0 spiro atoms. The lowest BCUT2D eigenvalue weighted by atomic mass is 9.98. The molecule has 0 bridgehead atoms. The summed E-state index contributed by atoms with van der Waals surface area (Å²) in [6, 6.07) is 16.3. The van der Waals surface area contributed by atoms with Gasteiger partial charge in [-0.3, -0.25) is 0 Å². The number of benzene rings is 2. The van der Waals surface area contributed by atoms with E-state index in [1.54, 1.807) is 12.1 Å². The predicted molar refractivity (Wildman–Crippen MR) is 93.1 cm³/mol. The molecule has 2 N–H and O–H groups in total. The highest BCUT2D eigenvalue weighted by Crippen LogP contribution is 2.24. The zero-order chi connectivity index (χ0) is 16.1. The second-order valence-corrected chi connectivity index (χ2v) is 5.72. The zero-order valence-corrected chi connectivity index (χ0v) is 13.3. The van der Waals surface area contributed by atoms with E-state index in [0.717, 1.165) is 25.1 Å². The Morgan fingerprint density at radius 2 is 2.00 bits per heavy atom. The van der Waals surface area contributed by atoms with Crippen LogP contribution in [0.5, 0.6) is 0 Å². The SMILES string of the molecule is CCOC(=O)c1ccc(NCC2CCc3ccccc3N2)cc1. The van der Waals surface area contributed by atoms with E-state index >= 15 is 0 Å². The lowest BCUT2D eigenvalue weighted by Gasteiger charge is -2.27. The molecule has 1 aliphatic heterocycles. The fourth-order valence-electron chi connectivity index (χ4n) is 2.83. The largest absolute Gasteiger partial charge is 0.462 e. The third-order valence-corrected chi connectivity index (χ3v) is 4.09. The highest BCUT2D eigenvalue weighted by Gasteiger charge is 2.16. The van der Waals surface area contributed by atoms with E-state index in [9.17, 15) is 4.79 Å². The van der Waals surface area contributed by atoms with Gasteiger partial charge in [-0.1, -0.05) is 18.2 Å². The van der Waals surface area contributed by atoms with Gasteiger partial charge in [-0.05, 0) is 55.7 Å². The quantitative estimate of drug-likeness (QED) is 0.827. The van der Waals surface area contributed by atoms with Gasteiger partial charge >= 0.3 is 5.97 Å². The first kappa shape index (κ1) is 15.4. The number of para-hydroxylation sites is 1. The van der Waals surface area contributed by atoms with E-state index in [0.29, 0.717) is 18.2 Å². The molecule has 0 fully saturated rings. The van der Waals surface area contributed by atoms with Gasteiger partial charge in [-0.25, -0.2) is 4.79 Å². The Hall–Kier alpha value is -2.49. The van der Waals surface area contributed by atoms with Crippen molar-refractivity contribution in [3.8, 4) is 0 Å². The summed E-state index contributed by atoms with van der Waals surface area (Å²) in [6.45, 7) is 3.06. The Bertz CT molecular complexity index is 667. The van der Waals surface area contributed by atoms with Crippen molar-refractivity contribution < 1.29 is 9.53 Å². The number of esters is 1. The van der Waals surface area contributed by atoms with Crippen LogP contribution in [0.1, 0.15) is 29.3 Å². The Kier molecular flexibility index (Phi) is 4.81. The summed E-state index contributed by atoms with van der Waals surface area (Å²) in [6.07, 6.45) is 2.22. The number of nitrogens with one attached hydrogen (secondary N) is 2. The molecule has 0 saturated carbocycles. The molecule has 1 atom stereocenters. The summed E-state index contributed by atoms with van der Waals surface area (Å²) >= 11 is 0. The van der Waals surface area contributed by atoms with Gasteiger partial charge in [0.05, 0.1) is 12.2 Å². The molecular weight excluding hydrogens is 288 g/mol. The smallest absolute Gasteiger partial charge is 0.338 e. The van der Waals surface area contributed by atoms with Crippen LogP contribution in [0, 0.1) is 0 Å². The minimum Gasteiger partial charge on any atom is -0.462 e. The van der Waals surface area contributed by atoms with Gasteiger partial charge in [0.15, 0.2) is 0 Å². The lowest BCUT2D eigenvalue weighted by Crippen LogP contribution is -2.32. The van der Waals surface area contributed by atoms with Gasteiger partial charge in [-0.2, -0.15) is 0 Å². The lowest BCUT2D eigenvalue weighted by molar-refractivity contribution is 0.0526. The first-order valence-corrected chi connectivity index (χ1v) is 8.12. The van der Waals surface area contributed by atoms with Crippen LogP contribution in [0.3, 0.4) is 0 Å². The predicted octanol–water partition coefficient (Wildman–Crippen LogP) is 3.70. The van der Waals surface area contributed by atoms with Crippen molar-refractivity contribution in [2.45, 2.75) is 25.8 Å². The first-order chi connectivity index (χ1) is 11.3. The molecule has 3 rings (SSSR count). The molecule has 0 aliphatic carbocycles. The molecule has 0 radical (unpaired) electrons. The molecule has 4 heteroatoms. The number of hydrogen-bond donors (Lipinski definition) is 2. The molecule has 1 unspecified atom stereocenters. The van der Waals surface area contributed by atoms with Crippen molar-refractivity contribution in [2.24, 2.45) is 0 Å². The number of fused-ring (bicyclic) bond motifs is 1. The van der Waals surface area contributed by atoms with Crippen molar-refractivity contribution in [1.82, 2.24) is 0 Å². The van der Waals surface area contributed by atoms with Crippen LogP contribution < -0.4 is 10.6 Å². The highest BCUT2D eigenvalue weighted by atomic mass is 16.5. The van der Waals surface area contributed by atoms with Gasteiger partial charge in [0.1, 0.15) is 0 Å². The van der Waals surface area contributed by atoms with Crippen LogP contribution >= 0.6 is 0 Å². The first-order valence-electron chi connectivity index (χ1n) is 8.12. The molecule has 4 nitrogen and oxygen atoms in total. The van der Waals surface area contributed by atoms with Gasteiger partial charge < -0.3 is 15.4 Å². The molecule has 23 heavy (non-hydrogen) atoms. The maximum Gasteiger partial charge on any atom is 0.338 e. The Morgan fingerprint density at radius 3 is 2.78 bits per heavy atom. The standard InChI is InChI=1S/C19H22N2O2/c1-2-23-19(22)15-8-10-16(11-9-15)20-13-17-12-7-14-5-3-4-6-18(14)21-17/h3-6,8-11,17,20-21H,2,7,12-13H2,1H3. The van der Waals surface area contributed by atoms with Crippen molar-refractivity contribution in [1.29, 1.82) is 0 Å². The Balaban J connectivity index is 1.54. The van der Waals surface area contributed by atoms with Crippen molar-refractivity contribution in [3.05, 3.63) is 59.7 Å². The van der Waals surface area contributed by atoms with Crippen LogP contribution in [0.2, 0.25) is 0 Å². The van der Waals surface area contributed by atoms with Crippen molar-refractivity contribution in [2.75, 3.05) is 23.8 Å². The summed E-state index contributed by atoms with van der Waals surface area (Å²) in [5, 5.41) is 7.01. The average molecular weight is 310 g/mol. The number of carbonyl (C=O) groups excluding carboxylic acids is 1. The van der Waals surface area contributed by atoms with Crippen molar-refractivity contribution in [3.63, 3.8) is 0 Å². The van der Waals surface area contributed by atoms with Crippen LogP contribution in [0.15, 0.2) is 48.5 Å². The van der Waals surface area contributed by atoms with E-state index in [4.69, 9.17) is 4.74 Å². The van der Waals surface area contributed by atoms with E-state index < -0.39 is 0 Å². The molecule has 2 aromatic carbocycles. The average Bonchev–Trinajstić information content (AvgIpc) is 2.60. The number of rotatable bonds is 5. The van der Waals surface area contributed by atoms with Gasteiger partial charge in [0.2, 0.25) is 0 Å². The van der Waals surface area contributed by atoms with Crippen LogP contribution in [0.4, 0.5) is 11.4 Å². The fraction of sp³-hybridized carbons (Fsp3) is 0.316. The number of aryl methyl sites for hydroxylation is 1. The molecule has 0 aromatic heterocycles. The molecule has 0 saturated heterocycles. The molecule has 0 amide bonds. The Morgan fingerprint density at radius 1 is 1.22 bits per heavy atom. The number of hydrogen-bond acceptors (Lipinski definition) is 4. The van der Waals surface area contributed by atoms with Crippen LogP contribution in [-0.4, -0.2) is 25.2 Å². The van der Waals surface area contributed by atoms with E-state index in [2.05, 4.69) is 34.9 Å². The molecule has 120 valence electrons. The number of carbonyl (C=O) groups is 1. The summed E-state index contributed by atoms with van der Waals surface area (Å²) in [5.74, 6) is -0.274. The minimum absolute atomic E-state index is 0.274. The van der Waals surface area contributed by atoms with Gasteiger partial charge in [-0.15, -0.1) is 0 Å². The highest BCUT2D eigenvalue weighted by molar-refractivity contribution is 5.89. The molecular formula is C19H22N2O2. The number of anilines is 2. The van der Waals surface area contributed by atoms with Gasteiger partial charge in [0, 0.05) is 24.0 Å². The summed E-state index contributed by atoms with van der Waals surface area (Å²) in [7, 11) is 0. The molecule has 2 aromatic rings. The molecule has 1 heterocycles. The maximum absolute atomic E-state index is 11.6. The minimum atomic E-state index is -0.274. The van der Waals surface area contributed by atoms with Crippen LogP contribution in [-0.2, 0) is 11.2 Å². The third-order valence-electron chi connectivity index (χ3n) is 4.09.